The molecule has 0 atom stereocenters. The Morgan fingerprint density at radius 2 is 2.19 bits per heavy atom. The van der Waals surface area contributed by atoms with E-state index in [0.717, 1.165) is 4.57 Å². The van der Waals surface area contributed by atoms with Crippen LogP contribution < -0.4 is 0 Å². The zero-order chi connectivity index (χ0) is 15.2. The third-order valence-electron chi connectivity index (χ3n) is 2.82. The fraction of sp³-hybridized carbons (Fsp3) is 0.429. The second kappa shape index (κ2) is 7.40. The summed E-state index contributed by atoms with van der Waals surface area (Å²) in [4.78, 5) is 15.4. The maximum Gasteiger partial charge on any atom is 0.321 e. The highest BCUT2D eigenvalue weighted by atomic mass is 32.2. The van der Waals surface area contributed by atoms with E-state index in [2.05, 4.69) is 4.98 Å². The van der Waals surface area contributed by atoms with Crippen molar-refractivity contribution >= 4 is 28.8 Å². The minimum absolute atomic E-state index is 0.263. The third-order valence-corrected chi connectivity index (χ3v) is 3.86. The number of ether oxygens (including phenoxy) is 1. The van der Waals surface area contributed by atoms with Crippen LogP contribution in [0.1, 0.15) is 26.3 Å². The molecule has 1 aromatic heterocycles. The number of para-hydroxylation sites is 2. The van der Waals surface area contributed by atoms with Crippen molar-refractivity contribution in [1.29, 1.82) is 0 Å². The average Bonchev–Trinajstić information content (AvgIpc) is 2.82. The van der Waals surface area contributed by atoms with Crippen molar-refractivity contribution in [2.45, 2.75) is 31.5 Å². The summed E-state index contributed by atoms with van der Waals surface area (Å²) in [6.45, 7) is -0.532. The van der Waals surface area contributed by atoms with E-state index in [0.29, 0.717) is 29.8 Å². The van der Waals surface area contributed by atoms with Gasteiger partial charge in [0.05, 0.1) is 17.6 Å². The monoisotopic (exact) mass is 314 g/mol. The van der Waals surface area contributed by atoms with E-state index in [1.807, 2.05) is 0 Å². The fourth-order valence-electron chi connectivity index (χ4n) is 1.93. The molecule has 1 heterocycles. The lowest BCUT2D eigenvalue weighted by molar-refractivity contribution is -0.143. The van der Waals surface area contributed by atoms with Crippen molar-refractivity contribution < 1.29 is 18.3 Å². The molecule has 0 saturated carbocycles. The van der Waals surface area contributed by atoms with E-state index in [1.165, 1.54) is 11.8 Å². The van der Waals surface area contributed by atoms with Gasteiger partial charge in [0.1, 0.15) is 0 Å². The molecule has 4 nitrogen and oxygen atoms in total. The molecule has 0 unspecified atom stereocenters. The Morgan fingerprint density at radius 1 is 1.43 bits per heavy atom. The minimum atomic E-state index is -2.63. The van der Waals surface area contributed by atoms with Gasteiger partial charge in [-0.05, 0) is 25.5 Å². The number of benzene rings is 1. The number of carbonyl (C=O) groups is 1. The Hall–Kier alpha value is -1.63. The Morgan fingerprint density at radius 3 is 2.90 bits per heavy atom. The predicted octanol–water partition coefficient (Wildman–Crippen LogP) is 3.87. The highest BCUT2D eigenvalue weighted by molar-refractivity contribution is 7.99. The van der Waals surface area contributed by atoms with Gasteiger partial charge in [-0.3, -0.25) is 9.36 Å². The third kappa shape index (κ3) is 3.93. The van der Waals surface area contributed by atoms with Crippen LogP contribution in [0.4, 0.5) is 8.78 Å². The van der Waals surface area contributed by atoms with Gasteiger partial charge in [0.2, 0.25) is 0 Å². The molecule has 0 fully saturated rings. The van der Waals surface area contributed by atoms with Crippen LogP contribution in [0.2, 0.25) is 0 Å². The van der Waals surface area contributed by atoms with Gasteiger partial charge in [0.25, 0.3) is 0 Å². The van der Waals surface area contributed by atoms with Gasteiger partial charge in [-0.15, -0.1) is 0 Å². The number of aromatic nitrogens is 2. The second-order valence-electron chi connectivity index (χ2n) is 4.29. The van der Waals surface area contributed by atoms with Crippen LogP contribution in [0.25, 0.3) is 11.0 Å². The van der Waals surface area contributed by atoms with Crippen molar-refractivity contribution in [2.75, 3.05) is 12.4 Å². The van der Waals surface area contributed by atoms with Crippen molar-refractivity contribution in [3.05, 3.63) is 24.3 Å². The Labute approximate surface area is 125 Å². The minimum Gasteiger partial charge on any atom is -0.466 e. The molecule has 0 N–H and O–H groups in total. The summed E-state index contributed by atoms with van der Waals surface area (Å²) in [7, 11) is 0. The lowest BCUT2D eigenvalue weighted by atomic mass is 10.3. The predicted molar refractivity (Wildman–Crippen MR) is 77.6 cm³/mol. The van der Waals surface area contributed by atoms with Crippen molar-refractivity contribution in [1.82, 2.24) is 9.55 Å². The maximum absolute atomic E-state index is 13.2. The summed E-state index contributed by atoms with van der Waals surface area (Å²) in [6.07, 6.45) is 0.853. The number of alkyl halides is 2. The molecule has 2 rings (SSSR count). The van der Waals surface area contributed by atoms with Crippen LogP contribution >= 0.6 is 11.8 Å². The molecule has 0 aliphatic rings. The maximum atomic E-state index is 13.2. The number of imidazole rings is 1. The van der Waals surface area contributed by atoms with Gasteiger partial charge >= 0.3 is 12.5 Å². The number of fused-ring (bicyclic) bond motifs is 1. The van der Waals surface area contributed by atoms with Crippen LogP contribution in [-0.4, -0.2) is 27.9 Å². The number of esters is 1. The van der Waals surface area contributed by atoms with Crippen LogP contribution in [0.5, 0.6) is 0 Å². The lowest BCUT2D eigenvalue weighted by Crippen LogP contribution is -2.04. The van der Waals surface area contributed by atoms with E-state index in [9.17, 15) is 13.6 Å². The molecule has 21 heavy (non-hydrogen) atoms. The first kappa shape index (κ1) is 15.8. The highest BCUT2D eigenvalue weighted by Gasteiger charge is 2.17. The second-order valence-corrected chi connectivity index (χ2v) is 5.35. The summed E-state index contributed by atoms with van der Waals surface area (Å²) in [5.41, 5.74) is 0.964. The van der Waals surface area contributed by atoms with E-state index < -0.39 is 6.55 Å². The SMILES string of the molecule is CCOC(=O)CCCSc1nc2ccccc2n1C(F)F. The van der Waals surface area contributed by atoms with E-state index >= 15 is 0 Å². The number of hydrogen-bond donors (Lipinski definition) is 0. The first-order chi connectivity index (χ1) is 10.1. The van der Waals surface area contributed by atoms with E-state index in [4.69, 9.17) is 4.74 Å². The summed E-state index contributed by atoms with van der Waals surface area (Å²) >= 11 is 1.23. The van der Waals surface area contributed by atoms with Gasteiger partial charge in [-0.25, -0.2) is 4.98 Å². The van der Waals surface area contributed by atoms with Gasteiger partial charge in [0.15, 0.2) is 5.16 Å². The van der Waals surface area contributed by atoms with E-state index in [-0.39, 0.29) is 17.5 Å². The molecule has 0 aliphatic carbocycles. The van der Waals surface area contributed by atoms with Gasteiger partial charge in [0, 0.05) is 12.2 Å². The molecule has 0 amide bonds. The van der Waals surface area contributed by atoms with Gasteiger partial charge in [-0.2, -0.15) is 8.78 Å². The number of halogens is 2. The highest BCUT2D eigenvalue weighted by Crippen LogP contribution is 2.29. The Balaban J connectivity index is 2.01. The lowest BCUT2D eigenvalue weighted by Gasteiger charge is -2.07. The Bertz CT molecular complexity index is 616. The van der Waals surface area contributed by atoms with Crippen molar-refractivity contribution in [2.24, 2.45) is 0 Å². The molecule has 2 aromatic rings. The standard InChI is InChI=1S/C14H16F2N2O2S/c1-2-20-12(19)8-5-9-21-14-17-10-6-3-4-7-11(10)18(14)13(15)16/h3-4,6-7,13H,2,5,8-9H2,1H3. The molecule has 0 radical (unpaired) electrons. The van der Waals surface area contributed by atoms with Gasteiger partial charge in [-0.1, -0.05) is 23.9 Å². The quantitative estimate of drug-likeness (QED) is 0.442. The summed E-state index contributed by atoms with van der Waals surface area (Å²) in [6, 6.07) is 6.80. The molecule has 0 aliphatic heterocycles. The molecule has 1 aromatic carbocycles. The van der Waals surface area contributed by atoms with Crippen LogP contribution in [0.15, 0.2) is 29.4 Å². The van der Waals surface area contributed by atoms with Crippen molar-refractivity contribution in [3.8, 4) is 0 Å². The first-order valence-corrected chi connectivity index (χ1v) is 7.65. The van der Waals surface area contributed by atoms with Crippen molar-refractivity contribution in [3.63, 3.8) is 0 Å². The molecule has 7 heteroatoms. The number of carbonyl (C=O) groups excluding carboxylic acids is 1. The smallest absolute Gasteiger partial charge is 0.321 e. The zero-order valence-corrected chi connectivity index (χ0v) is 12.4. The van der Waals surface area contributed by atoms with E-state index in [1.54, 1.807) is 31.2 Å². The summed E-state index contributed by atoms with van der Waals surface area (Å²) < 4.78 is 32.1. The van der Waals surface area contributed by atoms with Crippen LogP contribution in [0.3, 0.4) is 0 Å². The topological polar surface area (TPSA) is 44.1 Å². The molecule has 0 spiro atoms. The largest absolute Gasteiger partial charge is 0.466 e. The molecule has 0 bridgehead atoms. The normalized spacial score (nSPS) is 11.2. The molecular formula is C14H16F2N2O2S. The molecule has 114 valence electrons. The van der Waals surface area contributed by atoms with Crippen LogP contribution in [0, 0.1) is 0 Å². The van der Waals surface area contributed by atoms with Crippen LogP contribution in [-0.2, 0) is 9.53 Å². The fourth-order valence-corrected chi connectivity index (χ4v) is 2.88. The van der Waals surface area contributed by atoms with Gasteiger partial charge < -0.3 is 4.74 Å². The number of thioether (sulfide) groups is 1. The number of hydrogen-bond acceptors (Lipinski definition) is 4. The first-order valence-electron chi connectivity index (χ1n) is 6.67. The number of rotatable bonds is 7. The number of nitrogens with zero attached hydrogens (tertiary/aromatic N) is 2. The average molecular weight is 314 g/mol. The summed E-state index contributed by atoms with van der Waals surface area (Å²) in [5.74, 6) is 0.273. The zero-order valence-electron chi connectivity index (χ0n) is 11.6. The summed E-state index contributed by atoms with van der Waals surface area (Å²) in [5, 5.41) is 0.273. The Kier molecular flexibility index (Phi) is 5.55. The molecule has 0 saturated heterocycles. The molecular weight excluding hydrogens is 298 g/mol.